The van der Waals surface area contributed by atoms with Gasteiger partial charge in [-0.15, -0.1) is 0 Å². The van der Waals surface area contributed by atoms with Gasteiger partial charge in [0, 0.05) is 13.0 Å². The summed E-state index contributed by atoms with van der Waals surface area (Å²) >= 11 is 0. The first-order valence-corrected chi connectivity index (χ1v) is 6.47. The van der Waals surface area contributed by atoms with Crippen LogP contribution in [0.3, 0.4) is 0 Å². The summed E-state index contributed by atoms with van der Waals surface area (Å²) < 4.78 is 0. The maximum absolute atomic E-state index is 4.59. The Labute approximate surface area is 102 Å². The van der Waals surface area contributed by atoms with Gasteiger partial charge < -0.3 is 10.3 Å². The van der Waals surface area contributed by atoms with Gasteiger partial charge in [0.05, 0.1) is 11.0 Å². The third kappa shape index (κ3) is 2.67. The van der Waals surface area contributed by atoms with E-state index in [0.717, 1.165) is 35.7 Å². The van der Waals surface area contributed by atoms with Crippen molar-refractivity contribution < 1.29 is 0 Å². The second-order valence-electron chi connectivity index (χ2n) is 5.10. The van der Waals surface area contributed by atoms with Crippen LogP contribution in [0.25, 0.3) is 11.0 Å². The van der Waals surface area contributed by atoms with Gasteiger partial charge in [-0.05, 0) is 49.9 Å². The zero-order valence-electron chi connectivity index (χ0n) is 10.3. The van der Waals surface area contributed by atoms with E-state index >= 15 is 0 Å². The normalized spacial score (nSPS) is 15.6. The molecule has 1 aromatic heterocycles. The molecule has 0 spiro atoms. The van der Waals surface area contributed by atoms with Crippen molar-refractivity contribution in [3.8, 4) is 0 Å². The van der Waals surface area contributed by atoms with Crippen molar-refractivity contribution in [3.05, 3.63) is 29.6 Å². The van der Waals surface area contributed by atoms with E-state index in [1.54, 1.807) is 0 Å². The fraction of sp³-hybridized carbons (Fsp3) is 0.500. The number of rotatable bonds is 5. The van der Waals surface area contributed by atoms with Crippen molar-refractivity contribution in [2.75, 3.05) is 13.1 Å². The highest BCUT2D eigenvalue weighted by Crippen LogP contribution is 2.27. The van der Waals surface area contributed by atoms with E-state index in [4.69, 9.17) is 0 Å². The first-order valence-electron chi connectivity index (χ1n) is 6.47. The van der Waals surface area contributed by atoms with Crippen LogP contribution in [0.1, 0.15) is 24.2 Å². The molecule has 0 saturated heterocycles. The number of fused-ring (bicyclic) bond motifs is 1. The number of benzene rings is 1. The Bertz CT molecular complexity index is 511. The molecule has 90 valence electrons. The summed E-state index contributed by atoms with van der Waals surface area (Å²) in [6.07, 6.45) is 3.81. The van der Waals surface area contributed by atoms with Crippen LogP contribution >= 0.6 is 0 Å². The molecule has 1 fully saturated rings. The van der Waals surface area contributed by atoms with Crippen molar-refractivity contribution in [2.45, 2.75) is 26.2 Å². The minimum absolute atomic E-state index is 0.952. The summed E-state index contributed by atoms with van der Waals surface area (Å²) in [7, 11) is 0. The third-order valence-corrected chi connectivity index (χ3v) is 3.35. The van der Waals surface area contributed by atoms with Crippen molar-refractivity contribution in [1.29, 1.82) is 0 Å². The zero-order chi connectivity index (χ0) is 11.7. The molecule has 1 aliphatic carbocycles. The van der Waals surface area contributed by atoms with E-state index in [1.807, 2.05) is 0 Å². The molecule has 0 unspecified atom stereocenters. The van der Waals surface area contributed by atoms with Gasteiger partial charge in [0.15, 0.2) is 0 Å². The van der Waals surface area contributed by atoms with E-state index in [-0.39, 0.29) is 0 Å². The Morgan fingerprint density at radius 2 is 2.29 bits per heavy atom. The molecule has 1 saturated carbocycles. The van der Waals surface area contributed by atoms with Crippen molar-refractivity contribution in [3.63, 3.8) is 0 Å². The lowest BCUT2D eigenvalue weighted by Gasteiger charge is -2.00. The molecule has 0 aliphatic heterocycles. The quantitative estimate of drug-likeness (QED) is 0.773. The van der Waals surface area contributed by atoms with Crippen LogP contribution in [0, 0.1) is 12.8 Å². The molecule has 0 radical (unpaired) electrons. The molecular formula is C14H19N3. The van der Waals surface area contributed by atoms with E-state index < -0.39 is 0 Å². The van der Waals surface area contributed by atoms with Crippen LogP contribution in [0.15, 0.2) is 18.2 Å². The molecule has 2 N–H and O–H groups in total. The molecule has 0 bridgehead atoms. The Kier molecular flexibility index (Phi) is 2.85. The van der Waals surface area contributed by atoms with Gasteiger partial charge in [-0.25, -0.2) is 4.98 Å². The average molecular weight is 229 g/mol. The molecule has 3 heteroatoms. The van der Waals surface area contributed by atoms with E-state index in [0.29, 0.717) is 0 Å². The highest BCUT2D eigenvalue weighted by Gasteiger charge is 2.19. The summed E-state index contributed by atoms with van der Waals surface area (Å²) in [4.78, 5) is 7.98. The molecule has 1 heterocycles. The largest absolute Gasteiger partial charge is 0.342 e. The number of hydrogen-bond acceptors (Lipinski definition) is 2. The van der Waals surface area contributed by atoms with Gasteiger partial charge in [-0.2, -0.15) is 0 Å². The molecule has 1 aromatic carbocycles. The molecule has 1 aliphatic rings. The van der Waals surface area contributed by atoms with Gasteiger partial charge in [-0.1, -0.05) is 6.07 Å². The van der Waals surface area contributed by atoms with Crippen LogP contribution in [0.2, 0.25) is 0 Å². The summed E-state index contributed by atoms with van der Waals surface area (Å²) in [5, 5.41) is 3.49. The average Bonchev–Trinajstić information content (AvgIpc) is 3.04. The second-order valence-corrected chi connectivity index (χ2v) is 5.10. The zero-order valence-corrected chi connectivity index (χ0v) is 10.3. The maximum atomic E-state index is 4.59. The van der Waals surface area contributed by atoms with Gasteiger partial charge in [0.25, 0.3) is 0 Å². The van der Waals surface area contributed by atoms with Gasteiger partial charge >= 0.3 is 0 Å². The standard InChI is InChI=1S/C14H19N3/c1-10-2-5-12-13(8-10)17-14(16-12)6-7-15-9-11-3-4-11/h2,5,8,11,15H,3-4,6-7,9H2,1H3,(H,16,17). The SMILES string of the molecule is Cc1ccc2nc(CCNCC3CC3)[nH]c2c1. The molecular weight excluding hydrogens is 210 g/mol. The second kappa shape index (κ2) is 4.49. The molecule has 0 atom stereocenters. The minimum Gasteiger partial charge on any atom is -0.342 e. The van der Waals surface area contributed by atoms with Crippen LogP contribution in [0.4, 0.5) is 0 Å². The third-order valence-electron chi connectivity index (χ3n) is 3.35. The number of aryl methyl sites for hydroxylation is 1. The topological polar surface area (TPSA) is 40.7 Å². The number of hydrogen-bond donors (Lipinski definition) is 2. The van der Waals surface area contributed by atoms with Gasteiger partial charge in [0.2, 0.25) is 0 Å². The molecule has 2 aromatic rings. The van der Waals surface area contributed by atoms with Crippen LogP contribution < -0.4 is 5.32 Å². The van der Waals surface area contributed by atoms with E-state index in [1.165, 1.54) is 24.9 Å². The minimum atomic E-state index is 0.952. The van der Waals surface area contributed by atoms with Crippen molar-refractivity contribution in [1.82, 2.24) is 15.3 Å². The van der Waals surface area contributed by atoms with Gasteiger partial charge in [-0.3, -0.25) is 0 Å². The lowest BCUT2D eigenvalue weighted by molar-refractivity contribution is 0.630. The van der Waals surface area contributed by atoms with Crippen LogP contribution in [0.5, 0.6) is 0 Å². The fourth-order valence-corrected chi connectivity index (χ4v) is 2.13. The molecule has 3 rings (SSSR count). The monoisotopic (exact) mass is 229 g/mol. The van der Waals surface area contributed by atoms with Crippen molar-refractivity contribution in [2.24, 2.45) is 5.92 Å². The van der Waals surface area contributed by atoms with Gasteiger partial charge in [0.1, 0.15) is 5.82 Å². The molecule has 3 nitrogen and oxygen atoms in total. The van der Waals surface area contributed by atoms with Crippen LogP contribution in [-0.4, -0.2) is 23.1 Å². The maximum Gasteiger partial charge on any atom is 0.108 e. The number of nitrogens with one attached hydrogen (secondary N) is 2. The summed E-state index contributed by atoms with van der Waals surface area (Å²) in [5.74, 6) is 2.04. The first-order chi connectivity index (χ1) is 8.31. The smallest absolute Gasteiger partial charge is 0.108 e. The summed E-state index contributed by atoms with van der Waals surface area (Å²) in [5.41, 5.74) is 3.51. The van der Waals surface area contributed by atoms with E-state index in [9.17, 15) is 0 Å². The lowest BCUT2D eigenvalue weighted by Crippen LogP contribution is -2.20. The van der Waals surface area contributed by atoms with Crippen LogP contribution in [-0.2, 0) is 6.42 Å². The molecule has 17 heavy (non-hydrogen) atoms. The number of nitrogens with zero attached hydrogens (tertiary/aromatic N) is 1. The fourth-order valence-electron chi connectivity index (χ4n) is 2.13. The number of aromatic nitrogens is 2. The summed E-state index contributed by atoms with van der Waals surface area (Å²) in [6, 6.07) is 6.35. The predicted octanol–water partition coefficient (Wildman–Crippen LogP) is 2.41. The van der Waals surface area contributed by atoms with Crippen molar-refractivity contribution >= 4 is 11.0 Å². The highest BCUT2D eigenvalue weighted by molar-refractivity contribution is 5.75. The summed E-state index contributed by atoms with van der Waals surface area (Å²) in [6.45, 7) is 4.31. The van der Waals surface area contributed by atoms with E-state index in [2.05, 4.69) is 40.4 Å². The Morgan fingerprint density at radius 1 is 1.41 bits per heavy atom. The first kappa shape index (κ1) is 10.8. The molecule has 0 amide bonds. The Hall–Kier alpha value is -1.35. The predicted molar refractivity (Wildman–Crippen MR) is 70.1 cm³/mol. The number of H-pyrrole nitrogens is 1. The Balaban J connectivity index is 1.60. The number of aromatic amines is 1. The number of imidazole rings is 1. The Morgan fingerprint density at radius 3 is 3.12 bits per heavy atom. The lowest BCUT2D eigenvalue weighted by atomic mass is 10.2. The highest BCUT2D eigenvalue weighted by atomic mass is 14.9.